The van der Waals surface area contributed by atoms with Gasteiger partial charge in [-0.2, -0.15) is 12.6 Å². The molecule has 0 saturated heterocycles. The Balaban J connectivity index is 3.80. The molecule has 0 saturated carbocycles. The molecule has 0 aliphatic heterocycles. The van der Waals surface area contributed by atoms with Crippen LogP contribution in [0.3, 0.4) is 0 Å². The summed E-state index contributed by atoms with van der Waals surface area (Å²) in [4.78, 5) is 0. The molecule has 0 amide bonds. The topological polar surface area (TPSA) is 0 Å². The van der Waals surface area contributed by atoms with Gasteiger partial charge < -0.3 is 0 Å². The molecule has 0 heterocycles. The van der Waals surface area contributed by atoms with Crippen LogP contribution in [-0.2, 0) is 0 Å². The van der Waals surface area contributed by atoms with Gasteiger partial charge in [-0.25, -0.2) is 0 Å². The van der Waals surface area contributed by atoms with E-state index in [4.69, 9.17) is 12.6 Å². The van der Waals surface area contributed by atoms with Crippen LogP contribution in [0.2, 0.25) is 6.04 Å². The maximum absolute atomic E-state index is 4.80. The van der Waals surface area contributed by atoms with E-state index in [0.717, 1.165) is 0 Å². The van der Waals surface area contributed by atoms with Crippen LogP contribution < -0.4 is 0 Å². The zero-order valence-electron chi connectivity index (χ0n) is 8.60. The standard InChI is InChI=1S/C9H22S2Si/c1-3-5-9(10,6-8-12)11-7-4-2/h10H,3-8H2,1-2,12H3. The Morgan fingerprint density at radius 3 is 2.33 bits per heavy atom. The molecular formula is C9H22S2Si. The largest absolute Gasteiger partial charge is 0.162 e. The molecule has 0 aromatic rings. The summed E-state index contributed by atoms with van der Waals surface area (Å²) >= 11 is 6.86. The van der Waals surface area contributed by atoms with Gasteiger partial charge in [-0.3, -0.25) is 0 Å². The van der Waals surface area contributed by atoms with Crippen molar-refractivity contribution < 1.29 is 0 Å². The first-order chi connectivity index (χ1) is 5.68. The Kier molecular flexibility index (Phi) is 7.89. The molecule has 0 bridgehead atoms. The molecule has 0 radical (unpaired) electrons. The van der Waals surface area contributed by atoms with Crippen LogP contribution in [0.25, 0.3) is 0 Å². The molecule has 0 aromatic carbocycles. The molecule has 0 nitrogen and oxygen atoms in total. The fourth-order valence-electron chi connectivity index (χ4n) is 1.34. The Hall–Kier alpha value is 0.917. The number of hydrogen-bond donors (Lipinski definition) is 1. The normalized spacial score (nSPS) is 16.2. The van der Waals surface area contributed by atoms with Gasteiger partial charge >= 0.3 is 0 Å². The van der Waals surface area contributed by atoms with Gasteiger partial charge in [0.05, 0.1) is 4.08 Å². The SMILES string of the molecule is CCCSC(S)(CCC)CC[SiH3]. The smallest absolute Gasteiger partial charge is 0.0578 e. The van der Waals surface area contributed by atoms with Crippen LogP contribution in [0.15, 0.2) is 0 Å². The first-order valence-electron chi connectivity index (χ1n) is 5.04. The average Bonchev–Trinajstić information content (AvgIpc) is 2.02. The third-order valence-electron chi connectivity index (χ3n) is 1.86. The molecule has 0 aliphatic rings. The second-order valence-corrected chi connectivity index (χ2v) is 6.93. The lowest BCUT2D eigenvalue weighted by Crippen LogP contribution is -2.16. The van der Waals surface area contributed by atoms with Crippen LogP contribution >= 0.6 is 24.4 Å². The van der Waals surface area contributed by atoms with Crippen molar-refractivity contribution >= 4 is 34.6 Å². The third-order valence-corrected chi connectivity index (χ3v) is 4.75. The van der Waals surface area contributed by atoms with E-state index >= 15 is 0 Å². The zero-order valence-corrected chi connectivity index (χ0v) is 12.3. The van der Waals surface area contributed by atoms with Gasteiger partial charge in [-0.15, -0.1) is 11.8 Å². The molecule has 1 unspecified atom stereocenters. The molecule has 0 spiro atoms. The Bertz CT molecular complexity index is 101. The number of thioether (sulfide) groups is 1. The highest BCUT2D eigenvalue weighted by Gasteiger charge is 2.22. The average molecular weight is 222 g/mol. The third kappa shape index (κ3) is 5.54. The lowest BCUT2D eigenvalue weighted by Gasteiger charge is -2.27. The molecule has 3 heteroatoms. The zero-order chi connectivity index (χ0) is 9.45. The molecule has 0 fully saturated rings. The highest BCUT2D eigenvalue weighted by molar-refractivity contribution is 8.11. The van der Waals surface area contributed by atoms with E-state index in [1.165, 1.54) is 47.7 Å². The van der Waals surface area contributed by atoms with Crippen molar-refractivity contribution in [1.29, 1.82) is 0 Å². The Morgan fingerprint density at radius 2 is 1.92 bits per heavy atom. The maximum atomic E-state index is 4.80. The van der Waals surface area contributed by atoms with Crippen molar-refractivity contribution in [2.24, 2.45) is 0 Å². The van der Waals surface area contributed by atoms with Crippen LogP contribution in [-0.4, -0.2) is 20.1 Å². The second-order valence-electron chi connectivity index (χ2n) is 3.29. The minimum Gasteiger partial charge on any atom is -0.162 e. The first kappa shape index (κ1) is 12.9. The van der Waals surface area contributed by atoms with Gasteiger partial charge in [-0.1, -0.05) is 26.3 Å². The molecule has 1 atom stereocenters. The van der Waals surface area contributed by atoms with E-state index in [9.17, 15) is 0 Å². The van der Waals surface area contributed by atoms with E-state index in [2.05, 4.69) is 25.6 Å². The lowest BCUT2D eigenvalue weighted by atomic mass is 10.2. The summed E-state index contributed by atoms with van der Waals surface area (Å²) in [5, 5.41) is 0. The Labute approximate surface area is 90.1 Å². The molecule has 0 aliphatic carbocycles. The lowest BCUT2D eigenvalue weighted by molar-refractivity contribution is 0.679. The van der Waals surface area contributed by atoms with E-state index in [1.807, 2.05) is 0 Å². The summed E-state index contributed by atoms with van der Waals surface area (Å²) in [6, 6.07) is 1.39. The van der Waals surface area contributed by atoms with Gasteiger partial charge in [0.1, 0.15) is 0 Å². The summed E-state index contributed by atoms with van der Waals surface area (Å²) in [6.45, 7) is 4.50. The van der Waals surface area contributed by atoms with Crippen LogP contribution in [0.5, 0.6) is 0 Å². The fraction of sp³-hybridized carbons (Fsp3) is 1.00. The summed E-state index contributed by atoms with van der Waals surface area (Å²) in [5.41, 5.74) is 0. The van der Waals surface area contributed by atoms with Gasteiger partial charge in [0.25, 0.3) is 0 Å². The van der Waals surface area contributed by atoms with Crippen molar-refractivity contribution in [3.63, 3.8) is 0 Å². The van der Waals surface area contributed by atoms with Gasteiger partial charge in [0.2, 0.25) is 0 Å². The molecular weight excluding hydrogens is 200 g/mol. The van der Waals surface area contributed by atoms with Crippen molar-refractivity contribution in [2.75, 3.05) is 5.75 Å². The Morgan fingerprint density at radius 1 is 1.25 bits per heavy atom. The number of hydrogen-bond acceptors (Lipinski definition) is 2. The van der Waals surface area contributed by atoms with Gasteiger partial charge in [0.15, 0.2) is 0 Å². The molecule has 12 heavy (non-hydrogen) atoms. The van der Waals surface area contributed by atoms with Crippen molar-refractivity contribution in [1.82, 2.24) is 0 Å². The number of rotatable bonds is 7. The minimum atomic E-state index is 0.298. The molecule has 0 aromatic heterocycles. The van der Waals surface area contributed by atoms with E-state index in [0.29, 0.717) is 4.08 Å². The number of thiol groups is 1. The minimum absolute atomic E-state index is 0.298. The molecule has 0 N–H and O–H groups in total. The van der Waals surface area contributed by atoms with Crippen LogP contribution in [0.1, 0.15) is 39.5 Å². The summed E-state index contributed by atoms with van der Waals surface area (Å²) < 4.78 is 0.298. The summed E-state index contributed by atoms with van der Waals surface area (Å²) in [6.07, 6.45) is 5.11. The monoisotopic (exact) mass is 222 g/mol. The quantitative estimate of drug-likeness (QED) is 0.393. The second kappa shape index (κ2) is 7.33. The van der Waals surface area contributed by atoms with Crippen LogP contribution in [0.4, 0.5) is 0 Å². The van der Waals surface area contributed by atoms with Crippen molar-refractivity contribution in [2.45, 2.75) is 49.7 Å². The van der Waals surface area contributed by atoms with E-state index < -0.39 is 0 Å². The molecule has 0 rings (SSSR count). The predicted octanol–water partition coefficient (Wildman–Crippen LogP) is 2.73. The van der Waals surface area contributed by atoms with Crippen molar-refractivity contribution in [3.05, 3.63) is 0 Å². The van der Waals surface area contributed by atoms with E-state index in [1.54, 1.807) is 0 Å². The van der Waals surface area contributed by atoms with Gasteiger partial charge in [0, 0.05) is 10.2 Å². The fourth-order valence-corrected chi connectivity index (χ4v) is 4.98. The molecule has 74 valence electrons. The summed E-state index contributed by atoms with van der Waals surface area (Å²) in [5.74, 6) is 1.27. The first-order valence-corrected chi connectivity index (χ1v) is 7.89. The van der Waals surface area contributed by atoms with Gasteiger partial charge in [-0.05, 0) is 25.0 Å². The maximum Gasteiger partial charge on any atom is 0.0578 e. The highest BCUT2D eigenvalue weighted by atomic mass is 32.2. The summed E-state index contributed by atoms with van der Waals surface area (Å²) in [7, 11) is 1.32. The van der Waals surface area contributed by atoms with Crippen molar-refractivity contribution in [3.8, 4) is 0 Å². The van der Waals surface area contributed by atoms with Crippen LogP contribution in [0, 0.1) is 0 Å². The highest BCUT2D eigenvalue weighted by Crippen LogP contribution is 2.38. The van der Waals surface area contributed by atoms with E-state index in [-0.39, 0.29) is 0 Å². The predicted molar refractivity (Wildman–Crippen MR) is 68.7 cm³/mol.